The van der Waals surface area contributed by atoms with E-state index in [0.29, 0.717) is 0 Å². The first-order chi connectivity index (χ1) is 5.24. The van der Waals surface area contributed by atoms with Gasteiger partial charge in [-0.15, -0.1) is 0 Å². The topological polar surface area (TPSA) is 78.1 Å². The maximum atomic E-state index is 10.8. The van der Waals surface area contributed by atoms with Crippen LogP contribution in [-0.2, 0) is 0 Å². The summed E-state index contributed by atoms with van der Waals surface area (Å²) in [5.41, 5.74) is -1.11. The fourth-order valence-electron chi connectivity index (χ4n) is 0.535. The van der Waals surface area contributed by atoms with Crippen LogP contribution in [0.25, 0.3) is 0 Å². The molecule has 0 saturated carbocycles. The molecule has 1 rings (SSSR count). The van der Waals surface area contributed by atoms with Crippen LogP contribution in [0.4, 0.5) is 5.69 Å². The minimum atomic E-state index is -0.578. The molecular weight excluding hydrogens is 166 g/mol. The Morgan fingerprint density at radius 1 is 1.55 bits per heavy atom. The summed E-state index contributed by atoms with van der Waals surface area (Å²) < 4.78 is 0. The third kappa shape index (κ3) is 1.70. The van der Waals surface area contributed by atoms with E-state index in [9.17, 15) is 9.59 Å². The molecule has 1 aromatic rings. The molecule has 0 aliphatic heterocycles. The zero-order chi connectivity index (χ0) is 8.27. The van der Waals surface area contributed by atoms with Crippen molar-refractivity contribution in [1.82, 2.24) is 9.97 Å². The van der Waals surface area contributed by atoms with Gasteiger partial charge in [0.25, 0.3) is 5.56 Å². The predicted octanol–water partition coefficient (Wildman–Crippen LogP) is -0.203. The second-order valence-electron chi connectivity index (χ2n) is 1.66. The molecule has 1 heterocycles. The van der Waals surface area contributed by atoms with Gasteiger partial charge in [0.1, 0.15) is 0 Å². The van der Waals surface area contributed by atoms with Gasteiger partial charge in [0.15, 0.2) is 5.69 Å². The van der Waals surface area contributed by atoms with Crippen molar-refractivity contribution in [2.75, 3.05) is 0 Å². The first kappa shape index (κ1) is 7.59. The lowest BCUT2D eigenvalue weighted by Gasteiger charge is -1.85. The number of thiocarbonyl (C=S) groups is 1. The van der Waals surface area contributed by atoms with E-state index in [2.05, 4.69) is 22.2 Å². The summed E-state index contributed by atoms with van der Waals surface area (Å²) >= 11 is 4.27. The molecule has 0 saturated heterocycles. The van der Waals surface area contributed by atoms with Gasteiger partial charge < -0.3 is 4.98 Å². The molecule has 2 N–H and O–H groups in total. The van der Waals surface area contributed by atoms with Gasteiger partial charge in [-0.2, -0.15) is 4.99 Å². The number of nitrogens with zero attached hydrogens (tertiary/aromatic N) is 1. The van der Waals surface area contributed by atoms with Gasteiger partial charge >= 0.3 is 5.69 Å². The van der Waals surface area contributed by atoms with Gasteiger partial charge in [-0.3, -0.25) is 9.78 Å². The number of aromatic amines is 2. The van der Waals surface area contributed by atoms with Gasteiger partial charge in [0.2, 0.25) is 0 Å². The van der Waals surface area contributed by atoms with Crippen molar-refractivity contribution >= 4 is 23.1 Å². The molecule has 0 aliphatic rings. The monoisotopic (exact) mass is 169 g/mol. The summed E-state index contributed by atoms with van der Waals surface area (Å²) in [6, 6.07) is 0. The Labute approximate surface area is 65.8 Å². The fourth-order valence-corrected chi connectivity index (χ4v) is 0.633. The number of hydrogen-bond donors (Lipinski definition) is 2. The number of isothiocyanates is 1. The van der Waals surface area contributed by atoms with E-state index < -0.39 is 11.2 Å². The lowest BCUT2D eigenvalue weighted by atomic mass is 10.5. The number of aliphatic imine (C=N–C) groups is 1. The van der Waals surface area contributed by atoms with Crippen molar-refractivity contribution in [1.29, 1.82) is 0 Å². The highest BCUT2D eigenvalue weighted by atomic mass is 32.1. The van der Waals surface area contributed by atoms with Gasteiger partial charge in [-0.1, -0.05) is 0 Å². The van der Waals surface area contributed by atoms with Gasteiger partial charge in [-0.05, 0) is 12.2 Å². The standard InChI is InChI=1S/C5H3N3O2S/c9-4-3(7-2-11)1-6-5(10)8-4/h1H,(H2,6,8,9,10). The van der Waals surface area contributed by atoms with Crippen LogP contribution in [0.15, 0.2) is 20.8 Å². The Hall–Kier alpha value is -1.52. The molecule has 0 amide bonds. The third-order valence-electron chi connectivity index (χ3n) is 0.966. The fraction of sp³-hybridized carbons (Fsp3) is 0. The zero-order valence-corrected chi connectivity index (χ0v) is 6.07. The summed E-state index contributed by atoms with van der Waals surface area (Å²) in [6.45, 7) is 0. The van der Waals surface area contributed by atoms with E-state index in [1.165, 1.54) is 6.20 Å². The summed E-state index contributed by atoms with van der Waals surface area (Å²) in [7, 11) is 0. The molecule has 5 nitrogen and oxygen atoms in total. The number of H-pyrrole nitrogens is 2. The van der Waals surface area contributed by atoms with E-state index in [0.717, 1.165) is 0 Å². The first-order valence-electron chi connectivity index (χ1n) is 2.64. The highest BCUT2D eigenvalue weighted by molar-refractivity contribution is 7.78. The second kappa shape index (κ2) is 3.05. The van der Waals surface area contributed by atoms with Crippen LogP contribution in [0.3, 0.4) is 0 Å². The number of aromatic nitrogens is 2. The predicted molar refractivity (Wildman–Crippen MR) is 42.4 cm³/mol. The maximum absolute atomic E-state index is 10.8. The largest absolute Gasteiger partial charge is 0.325 e. The van der Waals surface area contributed by atoms with Crippen LogP contribution in [0.2, 0.25) is 0 Å². The van der Waals surface area contributed by atoms with E-state index in [1.807, 2.05) is 10.1 Å². The minimum absolute atomic E-state index is 0.0413. The number of nitrogens with one attached hydrogen (secondary N) is 2. The number of rotatable bonds is 1. The van der Waals surface area contributed by atoms with E-state index in [4.69, 9.17) is 0 Å². The smallest absolute Gasteiger partial charge is 0.312 e. The van der Waals surface area contributed by atoms with E-state index in [1.54, 1.807) is 0 Å². The lowest BCUT2D eigenvalue weighted by molar-refractivity contribution is 1.03. The zero-order valence-electron chi connectivity index (χ0n) is 5.25. The lowest BCUT2D eigenvalue weighted by Crippen LogP contribution is -2.20. The molecular formula is C5H3N3O2S. The Morgan fingerprint density at radius 2 is 2.27 bits per heavy atom. The molecule has 0 aromatic carbocycles. The molecule has 0 fully saturated rings. The molecule has 0 atom stereocenters. The maximum Gasteiger partial charge on any atom is 0.325 e. The van der Waals surface area contributed by atoms with E-state index in [-0.39, 0.29) is 5.69 Å². The second-order valence-corrected chi connectivity index (χ2v) is 1.84. The van der Waals surface area contributed by atoms with Gasteiger partial charge in [0, 0.05) is 6.20 Å². The van der Waals surface area contributed by atoms with Crippen molar-refractivity contribution in [3.8, 4) is 0 Å². The van der Waals surface area contributed by atoms with Crippen LogP contribution in [0, 0.1) is 0 Å². The highest BCUT2D eigenvalue weighted by Gasteiger charge is 1.94. The Kier molecular flexibility index (Phi) is 2.10. The Balaban J connectivity index is 3.42. The highest BCUT2D eigenvalue weighted by Crippen LogP contribution is 1.94. The molecule has 0 radical (unpaired) electrons. The van der Waals surface area contributed by atoms with Crippen molar-refractivity contribution < 1.29 is 0 Å². The Bertz CT molecular complexity index is 412. The molecule has 0 unspecified atom stereocenters. The average Bonchev–Trinajstić information content (AvgIpc) is 1.95. The molecule has 0 aliphatic carbocycles. The summed E-state index contributed by atoms with van der Waals surface area (Å²) in [4.78, 5) is 28.8. The third-order valence-corrected chi connectivity index (χ3v) is 1.06. The quantitative estimate of drug-likeness (QED) is 0.451. The Morgan fingerprint density at radius 3 is 2.82 bits per heavy atom. The van der Waals surface area contributed by atoms with Crippen molar-refractivity contribution in [3.05, 3.63) is 27.0 Å². The molecule has 0 bridgehead atoms. The summed E-state index contributed by atoms with van der Waals surface area (Å²) in [5.74, 6) is 0. The number of hydrogen-bond acceptors (Lipinski definition) is 4. The van der Waals surface area contributed by atoms with E-state index >= 15 is 0 Å². The summed E-state index contributed by atoms with van der Waals surface area (Å²) in [5, 5.41) is 2.01. The average molecular weight is 169 g/mol. The van der Waals surface area contributed by atoms with Crippen LogP contribution in [0.5, 0.6) is 0 Å². The van der Waals surface area contributed by atoms with Crippen LogP contribution < -0.4 is 11.2 Å². The van der Waals surface area contributed by atoms with Crippen molar-refractivity contribution in [3.63, 3.8) is 0 Å². The molecule has 56 valence electrons. The molecule has 11 heavy (non-hydrogen) atoms. The normalized spacial score (nSPS) is 8.73. The molecule has 6 heteroatoms. The van der Waals surface area contributed by atoms with Crippen LogP contribution in [-0.4, -0.2) is 15.1 Å². The van der Waals surface area contributed by atoms with Crippen molar-refractivity contribution in [2.24, 2.45) is 4.99 Å². The van der Waals surface area contributed by atoms with Gasteiger partial charge in [-0.25, -0.2) is 4.79 Å². The SMILES string of the molecule is O=c1[nH]cc(N=C=S)c(=O)[nH]1. The molecule has 1 aromatic heterocycles. The first-order valence-corrected chi connectivity index (χ1v) is 3.05. The minimum Gasteiger partial charge on any atom is -0.312 e. The van der Waals surface area contributed by atoms with Crippen LogP contribution in [0.1, 0.15) is 0 Å². The molecule has 0 spiro atoms. The summed E-state index contributed by atoms with van der Waals surface area (Å²) in [6.07, 6.45) is 1.17. The van der Waals surface area contributed by atoms with Crippen molar-refractivity contribution in [2.45, 2.75) is 0 Å². The van der Waals surface area contributed by atoms with Crippen LogP contribution >= 0.6 is 12.2 Å². The van der Waals surface area contributed by atoms with Gasteiger partial charge in [0.05, 0.1) is 5.16 Å².